The Morgan fingerprint density at radius 3 is 2.57 bits per heavy atom. The van der Waals surface area contributed by atoms with Crippen LogP contribution in [0.5, 0.6) is 0 Å². The largest absolute Gasteiger partial charge is 0.357 e. The first-order valence-corrected chi connectivity index (χ1v) is 10.8. The van der Waals surface area contributed by atoms with Crippen LogP contribution in [0.2, 0.25) is 5.02 Å². The van der Waals surface area contributed by atoms with E-state index in [9.17, 15) is 4.39 Å². The molecule has 4 nitrogen and oxygen atoms in total. The summed E-state index contributed by atoms with van der Waals surface area (Å²) in [5, 5.41) is 7.41. The van der Waals surface area contributed by atoms with Crippen molar-refractivity contribution in [3.63, 3.8) is 0 Å². The predicted octanol–water partition coefficient (Wildman–Crippen LogP) is 4.60. The van der Waals surface area contributed by atoms with Gasteiger partial charge in [-0.25, -0.2) is 4.39 Å². The van der Waals surface area contributed by atoms with Crippen LogP contribution >= 0.6 is 35.6 Å². The second-order valence-electron chi connectivity index (χ2n) is 7.64. The molecule has 2 aliphatic rings. The molecular weight excluding hydrogens is 490 g/mol. The molecule has 0 radical (unpaired) electrons. The summed E-state index contributed by atoms with van der Waals surface area (Å²) in [6.45, 7) is 5.92. The summed E-state index contributed by atoms with van der Waals surface area (Å²) in [5.41, 5.74) is 0.933. The Labute approximate surface area is 190 Å². The number of benzene rings is 1. The molecule has 1 aliphatic carbocycles. The van der Waals surface area contributed by atoms with Crippen molar-refractivity contribution >= 4 is 41.5 Å². The molecule has 0 atom stereocenters. The van der Waals surface area contributed by atoms with E-state index in [1.807, 2.05) is 0 Å². The molecular formula is C21H33ClFIN4. The number of guanidine groups is 1. The second-order valence-corrected chi connectivity index (χ2v) is 8.05. The van der Waals surface area contributed by atoms with Gasteiger partial charge in [0.1, 0.15) is 5.82 Å². The van der Waals surface area contributed by atoms with Gasteiger partial charge in [-0.05, 0) is 56.7 Å². The summed E-state index contributed by atoms with van der Waals surface area (Å²) >= 11 is 6.10. The van der Waals surface area contributed by atoms with Gasteiger partial charge in [-0.15, -0.1) is 24.0 Å². The third kappa shape index (κ3) is 7.02. The molecule has 1 aliphatic heterocycles. The van der Waals surface area contributed by atoms with Gasteiger partial charge < -0.3 is 15.5 Å². The van der Waals surface area contributed by atoms with Crippen molar-refractivity contribution in [3.05, 3.63) is 34.6 Å². The fourth-order valence-electron chi connectivity index (χ4n) is 4.20. The van der Waals surface area contributed by atoms with Crippen molar-refractivity contribution in [2.24, 2.45) is 4.99 Å². The fraction of sp³-hybridized carbons (Fsp3) is 0.667. The maximum absolute atomic E-state index is 13.1. The molecule has 28 heavy (non-hydrogen) atoms. The van der Waals surface area contributed by atoms with E-state index in [2.05, 4.69) is 22.5 Å². The van der Waals surface area contributed by atoms with Crippen LogP contribution in [0.3, 0.4) is 0 Å². The van der Waals surface area contributed by atoms with Gasteiger partial charge in [-0.1, -0.05) is 30.5 Å². The molecule has 1 heterocycles. The number of halogens is 3. The van der Waals surface area contributed by atoms with Crippen LogP contribution in [0.4, 0.5) is 4.39 Å². The minimum atomic E-state index is -0.300. The lowest BCUT2D eigenvalue weighted by molar-refractivity contribution is 0.150. The Bertz CT molecular complexity index is 629. The van der Waals surface area contributed by atoms with Gasteiger partial charge in [0.05, 0.1) is 0 Å². The summed E-state index contributed by atoms with van der Waals surface area (Å²) in [6.07, 6.45) is 8.61. The zero-order chi connectivity index (χ0) is 19.1. The predicted molar refractivity (Wildman–Crippen MR) is 126 cm³/mol. The van der Waals surface area contributed by atoms with Crippen molar-refractivity contribution in [1.29, 1.82) is 0 Å². The van der Waals surface area contributed by atoms with E-state index in [0.717, 1.165) is 24.1 Å². The van der Waals surface area contributed by atoms with Gasteiger partial charge >= 0.3 is 0 Å². The molecule has 2 fully saturated rings. The van der Waals surface area contributed by atoms with E-state index in [-0.39, 0.29) is 29.8 Å². The number of aliphatic imine (C=N–C) groups is 1. The zero-order valence-corrected chi connectivity index (χ0v) is 19.8. The smallest absolute Gasteiger partial charge is 0.191 e. The average molecular weight is 523 g/mol. The number of nitrogens with zero attached hydrogens (tertiary/aromatic N) is 2. The standard InChI is InChI=1S/C21H32ClFN4.HI/c1-2-24-21(25-12-9-16-7-8-17(23)15-20(16)22)26-18-10-13-27(14-11-18)19-5-3-4-6-19;/h7-8,15,18-19H,2-6,9-14H2,1H3,(H2,24,25,26);1H. The quantitative estimate of drug-likeness (QED) is 0.326. The Balaban J connectivity index is 0.00000280. The number of nitrogens with one attached hydrogen (secondary N) is 2. The molecule has 2 N–H and O–H groups in total. The monoisotopic (exact) mass is 522 g/mol. The molecule has 3 rings (SSSR count). The van der Waals surface area contributed by atoms with E-state index in [0.29, 0.717) is 24.0 Å². The topological polar surface area (TPSA) is 39.7 Å². The lowest BCUT2D eigenvalue weighted by Gasteiger charge is -2.36. The van der Waals surface area contributed by atoms with E-state index >= 15 is 0 Å². The highest BCUT2D eigenvalue weighted by Gasteiger charge is 2.27. The lowest BCUT2D eigenvalue weighted by atomic mass is 10.0. The van der Waals surface area contributed by atoms with Crippen molar-refractivity contribution in [1.82, 2.24) is 15.5 Å². The van der Waals surface area contributed by atoms with Gasteiger partial charge in [0.15, 0.2) is 5.96 Å². The summed E-state index contributed by atoms with van der Waals surface area (Å²) in [5.74, 6) is 0.571. The number of piperidine rings is 1. The van der Waals surface area contributed by atoms with Crippen LogP contribution in [0, 0.1) is 5.82 Å². The van der Waals surface area contributed by atoms with Crippen molar-refractivity contribution < 1.29 is 4.39 Å². The molecule has 7 heteroatoms. The first kappa shape index (κ1) is 23.7. The maximum Gasteiger partial charge on any atom is 0.191 e. The van der Waals surface area contributed by atoms with E-state index in [1.165, 1.54) is 63.7 Å². The second kappa shape index (κ2) is 12.2. The molecule has 0 bridgehead atoms. The number of hydrogen-bond acceptors (Lipinski definition) is 2. The van der Waals surface area contributed by atoms with Crippen LogP contribution in [0.15, 0.2) is 23.2 Å². The normalized spacial score (nSPS) is 19.5. The van der Waals surface area contributed by atoms with E-state index < -0.39 is 0 Å². The zero-order valence-electron chi connectivity index (χ0n) is 16.7. The molecule has 1 aromatic carbocycles. The summed E-state index contributed by atoms with van der Waals surface area (Å²) < 4.78 is 13.1. The van der Waals surface area contributed by atoms with Crippen LogP contribution in [0.25, 0.3) is 0 Å². The Kier molecular flexibility index (Phi) is 10.3. The minimum absolute atomic E-state index is 0. The summed E-state index contributed by atoms with van der Waals surface area (Å²) in [7, 11) is 0. The number of likely N-dealkylation sites (tertiary alicyclic amines) is 1. The van der Waals surface area contributed by atoms with Crippen molar-refractivity contribution in [2.75, 3.05) is 26.2 Å². The SMILES string of the molecule is CCNC(=NCCc1ccc(F)cc1Cl)NC1CCN(C2CCCC2)CC1.I. The summed E-state index contributed by atoms with van der Waals surface area (Å²) in [6, 6.07) is 5.87. The number of rotatable bonds is 6. The van der Waals surface area contributed by atoms with Crippen molar-refractivity contribution in [3.8, 4) is 0 Å². The lowest BCUT2D eigenvalue weighted by Crippen LogP contribution is -2.50. The van der Waals surface area contributed by atoms with Gasteiger partial charge in [0.2, 0.25) is 0 Å². The fourth-order valence-corrected chi connectivity index (χ4v) is 4.47. The van der Waals surface area contributed by atoms with Crippen LogP contribution in [0.1, 0.15) is 51.0 Å². The Morgan fingerprint density at radius 2 is 1.93 bits per heavy atom. The third-order valence-electron chi connectivity index (χ3n) is 5.72. The van der Waals surface area contributed by atoms with Crippen LogP contribution < -0.4 is 10.6 Å². The first-order chi connectivity index (χ1) is 13.2. The van der Waals surface area contributed by atoms with Gasteiger partial charge in [0.25, 0.3) is 0 Å². The molecule has 0 spiro atoms. The van der Waals surface area contributed by atoms with E-state index in [1.54, 1.807) is 6.07 Å². The van der Waals surface area contributed by atoms with Gasteiger partial charge in [-0.2, -0.15) is 0 Å². The highest BCUT2D eigenvalue weighted by molar-refractivity contribution is 14.0. The number of hydrogen-bond donors (Lipinski definition) is 2. The Morgan fingerprint density at radius 1 is 1.21 bits per heavy atom. The molecule has 0 amide bonds. The molecule has 1 aromatic rings. The highest BCUT2D eigenvalue weighted by atomic mass is 127. The highest BCUT2D eigenvalue weighted by Crippen LogP contribution is 2.26. The van der Waals surface area contributed by atoms with E-state index in [4.69, 9.17) is 16.6 Å². The third-order valence-corrected chi connectivity index (χ3v) is 6.07. The van der Waals surface area contributed by atoms with Crippen molar-refractivity contribution in [2.45, 2.75) is 64.0 Å². The Hall–Kier alpha value is -0.600. The minimum Gasteiger partial charge on any atom is -0.357 e. The molecule has 0 aromatic heterocycles. The first-order valence-electron chi connectivity index (χ1n) is 10.4. The average Bonchev–Trinajstić information content (AvgIpc) is 3.19. The molecule has 0 unspecified atom stereocenters. The molecule has 1 saturated carbocycles. The van der Waals surface area contributed by atoms with Crippen LogP contribution in [-0.4, -0.2) is 49.1 Å². The maximum atomic E-state index is 13.1. The molecule has 158 valence electrons. The van der Waals surface area contributed by atoms with Gasteiger partial charge in [0, 0.05) is 43.3 Å². The van der Waals surface area contributed by atoms with Gasteiger partial charge in [-0.3, -0.25) is 4.99 Å². The van der Waals surface area contributed by atoms with Crippen LogP contribution in [-0.2, 0) is 6.42 Å². The summed E-state index contributed by atoms with van der Waals surface area (Å²) in [4.78, 5) is 7.38. The molecule has 1 saturated heterocycles.